The number of allylic oxidation sites excluding steroid dienone is 4. The van der Waals surface area contributed by atoms with E-state index in [2.05, 4.69) is 33.4 Å². The third-order valence-electron chi connectivity index (χ3n) is 3.73. The van der Waals surface area contributed by atoms with Crippen LogP contribution in [-0.2, 0) is 0 Å². The molecule has 0 saturated carbocycles. The number of rotatable bonds is 13. The predicted octanol–water partition coefficient (Wildman–Crippen LogP) is 6.35. The molecule has 1 atom stereocenters. The maximum atomic E-state index is 10.00. The zero-order chi connectivity index (χ0) is 15.9. The van der Waals surface area contributed by atoms with Gasteiger partial charge >= 0.3 is 0 Å². The van der Waals surface area contributed by atoms with Crippen molar-refractivity contribution in [2.75, 3.05) is 0 Å². The topological polar surface area (TPSA) is 20.2 Å². The van der Waals surface area contributed by atoms with Crippen LogP contribution in [0.15, 0.2) is 36.0 Å². The summed E-state index contributed by atoms with van der Waals surface area (Å²) in [6, 6.07) is 0. The van der Waals surface area contributed by atoms with Crippen molar-refractivity contribution in [3.05, 3.63) is 36.0 Å². The molecule has 0 amide bonds. The Bertz CT molecular complexity index is 308. The average Bonchev–Trinajstić information content (AvgIpc) is 2.41. The van der Waals surface area contributed by atoms with Crippen LogP contribution in [0.5, 0.6) is 0 Å². The Morgan fingerprint density at radius 3 is 2.19 bits per heavy atom. The maximum Gasteiger partial charge on any atom is 0.0723 e. The van der Waals surface area contributed by atoms with Gasteiger partial charge in [-0.15, -0.1) is 6.58 Å². The van der Waals surface area contributed by atoms with Crippen LogP contribution in [0, 0.1) is 0 Å². The molecule has 0 heterocycles. The Hall–Kier alpha value is -0.820. The zero-order valence-electron chi connectivity index (χ0n) is 14.5. The van der Waals surface area contributed by atoms with Crippen LogP contribution >= 0.6 is 0 Å². The van der Waals surface area contributed by atoms with E-state index in [0.29, 0.717) is 0 Å². The smallest absolute Gasteiger partial charge is 0.0723 e. The summed E-state index contributed by atoms with van der Waals surface area (Å²) in [6.07, 6.45) is 17.9. The van der Waals surface area contributed by atoms with Crippen molar-refractivity contribution in [2.24, 2.45) is 0 Å². The van der Waals surface area contributed by atoms with Gasteiger partial charge in [-0.1, -0.05) is 61.5 Å². The van der Waals surface area contributed by atoms with Crippen molar-refractivity contribution < 1.29 is 5.11 Å². The van der Waals surface area contributed by atoms with Crippen LogP contribution in [0.3, 0.4) is 0 Å². The first-order valence-corrected chi connectivity index (χ1v) is 8.66. The second-order valence-corrected chi connectivity index (χ2v) is 6.39. The quantitative estimate of drug-likeness (QED) is 0.310. The lowest BCUT2D eigenvalue weighted by atomic mass is 10.0. The van der Waals surface area contributed by atoms with Gasteiger partial charge in [0, 0.05) is 0 Å². The normalized spacial score (nSPS) is 13.0. The minimum atomic E-state index is -0.252. The molecule has 0 aromatic heterocycles. The molecule has 0 fully saturated rings. The Kier molecular flexibility index (Phi) is 13.6. The van der Waals surface area contributed by atoms with E-state index in [-0.39, 0.29) is 6.10 Å². The second kappa shape index (κ2) is 14.1. The first-order valence-electron chi connectivity index (χ1n) is 8.66. The van der Waals surface area contributed by atoms with Crippen LogP contribution < -0.4 is 0 Å². The molecule has 0 aliphatic rings. The van der Waals surface area contributed by atoms with Gasteiger partial charge in [-0.05, 0) is 52.9 Å². The Labute approximate surface area is 132 Å². The summed E-state index contributed by atoms with van der Waals surface area (Å²) >= 11 is 0. The standard InChI is InChI=1S/C20H36O/c1-5-6-7-8-9-10-11-12-16-20(21)17-19(4)15-13-14-18(2)3/h5,14,17,20-21H,1,6-13,15-16H2,2-4H3/b19-17-/t20-/m0/s1. The Morgan fingerprint density at radius 2 is 1.57 bits per heavy atom. The van der Waals surface area contributed by atoms with E-state index in [4.69, 9.17) is 0 Å². The van der Waals surface area contributed by atoms with E-state index >= 15 is 0 Å². The molecule has 0 unspecified atom stereocenters. The molecule has 1 nitrogen and oxygen atoms in total. The Balaban J connectivity index is 3.57. The molecule has 0 bridgehead atoms. The van der Waals surface area contributed by atoms with Crippen molar-refractivity contribution in [3.8, 4) is 0 Å². The van der Waals surface area contributed by atoms with E-state index < -0.39 is 0 Å². The highest BCUT2D eigenvalue weighted by molar-refractivity contribution is 5.04. The van der Waals surface area contributed by atoms with Gasteiger partial charge in [0.1, 0.15) is 0 Å². The molecule has 0 aromatic rings. The molecule has 0 rings (SSSR count). The van der Waals surface area contributed by atoms with Gasteiger partial charge in [-0.3, -0.25) is 0 Å². The zero-order valence-corrected chi connectivity index (χ0v) is 14.5. The monoisotopic (exact) mass is 292 g/mol. The third-order valence-corrected chi connectivity index (χ3v) is 3.73. The molecule has 0 saturated heterocycles. The SMILES string of the molecule is C=CCCCCCCCC[C@H](O)/C=C(/C)CCC=C(C)C. The molecule has 1 heteroatoms. The number of aliphatic hydroxyl groups excluding tert-OH is 1. The summed E-state index contributed by atoms with van der Waals surface area (Å²) in [7, 11) is 0. The summed E-state index contributed by atoms with van der Waals surface area (Å²) in [5.41, 5.74) is 2.68. The van der Waals surface area contributed by atoms with Gasteiger partial charge < -0.3 is 5.11 Å². The minimum Gasteiger partial charge on any atom is -0.389 e. The van der Waals surface area contributed by atoms with Gasteiger partial charge in [0.05, 0.1) is 6.10 Å². The largest absolute Gasteiger partial charge is 0.389 e. The maximum absolute atomic E-state index is 10.00. The molecule has 122 valence electrons. The van der Waals surface area contributed by atoms with E-state index in [0.717, 1.165) is 32.1 Å². The number of unbranched alkanes of at least 4 members (excludes halogenated alkanes) is 6. The van der Waals surface area contributed by atoms with Gasteiger partial charge in [-0.25, -0.2) is 0 Å². The fraction of sp³-hybridized carbons (Fsp3) is 0.700. The molecule has 0 spiro atoms. The van der Waals surface area contributed by atoms with Gasteiger partial charge in [0.2, 0.25) is 0 Å². The van der Waals surface area contributed by atoms with E-state index in [1.807, 2.05) is 12.2 Å². The molecule has 0 aromatic carbocycles. The molecular weight excluding hydrogens is 256 g/mol. The first-order chi connectivity index (χ1) is 10.1. The van der Waals surface area contributed by atoms with Crippen molar-refractivity contribution in [1.82, 2.24) is 0 Å². The molecule has 0 aliphatic heterocycles. The summed E-state index contributed by atoms with van der Waals surface area (Å²) in [5.74, 6) is 0. The van der Waals surface area contributed by atoms with E-state index in [1.165, 1.54) is 43.3 Å². The van der Waals surface area contributed by atoms with Gasteiger partial charge in [-0.2, -0.15) is 0 Å². The minimum absolute atomic E-state index is 0.252. The highest BCUT2D eigenvalue weighted by Gasteiger charge is 2.01. The average molecular weight is 293 g/mol. The number of hydrogen-bond donors (Lipinski definition) is 1. The molecule has 1 N–H and O–H groups in total. The highest BCUT2D eigenvalue weighted by atomic mass is 16.3. The fourth-order valence-electron chi connectivity index (χ4n) is 2.43. The molecule has 21 heavy (non-hydrogen) atoms. The third kappa shape index (κ3) is 15.4. The summed E-state index contributed by atoms with van der Waals surface area (Å²) in [5, 5.41) is 10.00. The highest BCUT2D eigenvalue weighted by Crippen LogP contribution is 2.13. The molecule has 0 radical (unpaired) electrons. The lowest BCUT2D eigenvalue weighted by Crippen LogP contribution is -2.03. The van der Waals surface area contributed by atoms with Crippen LogP contribution in [-0.4, -0.2) is 11.2 Å². The van der Waals surface area contributed by atoms with Crippen molar-refractivity contribution in [1.29, 1.82) is 0 Å². The van der Waals surface area contributed by atoms with Crippen LogP contribution in [0.2, 0.25) is 0 Å². The summed E-state index contributed by atoms with van der Waals surface area (Å²) in [6.45, 7) is 10.1. The number of hydrogen-bond acceptors (Lipinski definition) is 1. The fourth-order valence-corrected chi connectivity index (χ4v) is 2.43. The van der Waals surface area contributed by atoms with E-state index in [9.17, 15) is 5.11 Å². The van der Waals surface area contributed by atoms with Crippen LogP contribution in [0.4, 0.5) is 0 Å². The van der Waals surface area contributed by atoms with Crippen molar-refractivity contribution in [3.63, 3.8) is 0 Å². The number of aliphatic hydroxyl groups is 1. The summed E-state index contributed by atoms with van der Waals surface area (Å²) in [4.78, 5) is 0. The van der Waals surface area contributed by atoms with Gasteiger partial charge in [0.15, 0.2) is 0 Å². The van der Waals surface area contributed by atoms with Crippen molar-refractivity contribution >= 4 is 0 Å². The predicted molar refractivity (Wildman–Crippen MR) is 95.6 cm³/mol. The first kappa shape index (κ1) is 20.2. The molecular formula is C20H36O. The lowest BCUT2D eigenvalue weighted by molar-refractivity contribution is 0.207. The van der Waals surface area contributed by atoms with Crippen molar-refractivity contribution in [2.45, 2.75) is 91.1 Å². The summed E-state index contributed by atoms with van der Waals surface area (Å²) < 4.78 is 0. The van der Waals surface area contributed by atoms with Crippen LogP contribution in [0.1, 0.15) is 85.0 Å². The lowest BCUT2D eigenvalue weighted by Gasteiger charge is -2.08. The van der Waals surface area contributed by atoms with Crippen LogP contribution in [0.25, 0.3) is 0 Å². The second-order valence-electron chi connectivity index (χ2n) is 6.39. The molecule has 0 aliphatic carbocycles. The van der Waals surface area contributed by atoms with Gasteiger partial charge in [0.25, 0.3) is 0 Å². The van der Waals surface area contributed by atoms with E-state index in [1.54, 1.807) is 0 Å². The Morgan fingerprint density at radius 1 is 0.952 bits per heavy atom.